The highest BCUT2D eigenvalue weighted by Crippen LogP contribution is 2.09. The van der Waals surface area contributed by atoms with Crippen molar-refractivity contribution in [3.05, 3.63) is 16.1 Å². The molecule has 4 nitrogen and oxygen atoms in total. The van der Waals surface area contributed by atoms with E-state index >= 15 is 0 Å². The van der Waals surface area contributed by atoms with Crippen LogP contribution >= 0.6 is 36.2 Å². The topological polar surface area (TPSA) is 68.0 Å². The Kier molecular flexibility index (Phi) is 10.8. The van der Waals surface area contributed by atoms with E-state index in [2.05, 4.69) is 17.2 Å². The first kappa shape index (κ1) is 19.0. The minimum absolute atomic E-state index is 0. The maximum Gasteiger partial charge on any atom is 0.221 e. The molecule has 0 fully saturated rings. The molecule has 100 valence electrons. The van der Waals surface area contributed by atoms with Crippen molar-refractivity contribution in [3.8, 4) is 0 Å². The zero-order valence-electron chi connectivity index (χ0n) is 9.93. The van der Waals surface area contributed by atoms with Crippen LogP contribution in [0.5, 0.6) is 0 Å². The second kappa shape index (κ2) is 9.65. The summed E-state index contributed by atoms with van der Waals surface area (Å²) < 4.78 is 0. The van der Waals surface area contributed by atoms with Crippen molar-refractivity contribution < 1.29 is 4.79 Å². The molecule has 1 atom stereocenters. The fraction of sp³-hybridized carbons (Fsp3) is 0.600. The normalized spacial score (nSPS) is 11.0. The minimum atomic E-state index is -0.0911. The molecular formula is C10H19Cl2N3OS. The van der Waals surface area contributed by atoms with Gasteiger partial charge in [-0.15, -0.1) is 36.2 Å². The lowest BCUT2D eigenvalue weighted by Gasteiger charge is -2.05. The molecule has 1 amide bonds. The molecule has 7 heteroatoms. The van der Waals surface area contributed by atoms with Gasteiger partial charge in [-0.2, -0.15) is 0 Å². The van der Waals surface area contributed by atoms with Crippen LogP contribution < -0.4 is 11.1 Å². The van der Waals surface area contributed by atoms with Crippen molar-refractivity contribution in [2.45, 2.75) is 39.3 Å². The Bertz CT molecular complexity index is 331. The Morgan fingerprint density at radius 1 is 1.59 bits per heavy atom. The molecule has 0 saturated heterocycles. The van der Waals surface area contributed by atoms with Gasteiger partial charge in [0.2, 0.25) is 5.91 Å². The average molecular weight is 300 g/mol. The number of nitrogens with zero attached hydrogens (tertiary/aromatic N) is 1. The number of rotatable bonds is 5. The number of carbonyl (C=O) groups is 1. The van der Waals surface area contributed by atoms with E-state index < -0.39 is 0 Å². The fourth-order valence-electron chi connectivity index (χ4n) is 1.15. The van der Waals surface area contributed by atoms with E-state index in [1.807, 2.05) is 12.3 Å². The van der Waals surface area contributed by atoms with Crippen LogP contribution in [0.1, 0.15) is 31.0 Å². The van der Waals surface area contributed by atoms with Crippen LogP contribution in [0.25, 0.3) is 0 Å². The third kappa shape index (κ3) is 7.54. The van der Waals surface area contributed by atoms with Crippen LogP contribution in [0, 0.1) is 0 Å². The SMILES string of the molecule is CCc1nc(CNC(=O)CC(C)N)cs1.Cl.Cl. The molecule has 3 N–H and O–H groups in total. The van der Waals surface area contributed by atoms with Gasteiger partial charge in [0.05, 0.1) is 17.2 Å². The monoisotopic (exact) mass is 299 g/mol. The van der Waals surface area contributed by atoms with Gasteiger partial charge in [0.1, 0.15) is 0 Å². The molecule has 0 aliphatic carbocycles. The van der Waals surface area contributed by atoms with Crippen LogP contribution in [0.3, 0.4) is 0 Å². The molecule has 0 spiro atoms. The lowest BCUT2D eigenvalue weighted by Crippen LogP contribution is -2.29. The van der Waals surface area contributed by atoms with Crippen LogP contribution in [0.2, 0.25) is 0 Å². The van der Waals surface area contributed by atoms with Crippen LogP contribution in [0.4, 0.5) is 0 Å². The van der Waals surface area contributed by atoms with Crippen molar-refractivity contribution >= 4 is 42.1 Å². The first-order valence-corrected chi connectivity index (χ1v) is 5.95. The summed E-state index contributed by atoms with van der Waals surface area (Å²) in [4.78, 5) is 15.6. The van der Waals surface area contributed by atoms with E-state index in [1.54, 1.807) is 11.3 Å². The van der Waals surface area contributed by atoms with Crippen molar-refractivity contribution in [3.63, 3.8) is 0 Å². The van der Waals surface area contributed by atoms with E-state index in [-0.39, 0.29) is 36.8 Å². The molecule has 1 aromatic rings. The van der Waals surface area contributed by atoms with Gasteiger partial charge in [-0.25, -0.2) is 4.98 Å². The number of aryl methyl sites for hydroxylation is 1. The number of halogens is 2. The molecule has 1 heterocycles. The number of thiazole rings is 1. The number of aromatic nitrogens is 1. The number of hydrogen-bond acceptors (Lipinski definition) is 4. The Labute approximate surface area is 118 Å². The lowest BCUT2D eigenvalue weighted by atomic mass is 10.2. The summed E-state index contributed by atoms with van der Waals surface area (Å²) in [6.07, 6.45) is 1.31. The van der Waals surface area contributed by atoms with Gasteiger partial charge >= 0.3 is 0 Å². The molecule has 0 saturated carbocycles. The highest BCUT2D eigenvalue weighted by Gasteiger charge is 2.05. The maximum atomic E-state index is 11.3. The van der Waals surface area contributed by atoms with Gasteiger partial charge in [0, 0.05) is 17.8 Å². The van der Waals surface area contributed by atoms with Crippen LogP contribution in [-0.2, 0) is 17.8 Å². The zero-order valence-corrected chi connectivity index (χ0v) is 12.4. The lowest BCUT2D eigenvalue weighted by molar-refractivity contribution is -0.121. The Balaban J connectivity index is 0. The van der Waals surface area contributed by atoms with E-state index in [0.717, 1.165) is 17.1 Å². The summed E-state index contributed by atoms with van der Waals surface area (Å²) in [7, 11) is 0. The molecule has 1 unspecified atom stereocenters. The summed E-state index contributed by atoms with van der Waals surface area (Å²) in [5.41, 5.74) is 6.44. The molecule has 0 aliphatic heterocycles. The number of nitrogens with one attached hydrogen (secondary N) is 1. The van der Waals surface area contributed by atoms with Gasteiger partial charge in [-0.05, 0) is 13.3 Å². The standard InChI is InChI=1S/C10H17N3OS.2ClH/c1-3-10-13-8(6-15-10)5-12-9(14)4-7(2)11;;/h6-7H,3-5,11H2,1-2H3,(H,12,14);2*1H. The minimum Gasteiger partial charge on any atom is -0.350 e. The fourth-order valence-corrected chi connectivity index (χ4v) is 1.89. The van der Waals surface area contributed by atoms with Gasteiger partial charge in [-0.3, -0.25) is 4.79 Å². The molecule has 1 aromatic heterocycles. The molecule has 0 bridgehead atoms. The molecule has 17 heavy (non-hydrogen) atoms. The van der Waals surface area contributed by atoms with Crippen LogP contribution in [-0.4, -0.2) is 16.9 Å². The molecule has 1 rings (SSSR count). The van der Waals surface area contributed by atoms with Gasteiger partial charge in [-0.1, -0.05) is 6.92 Å². The summed E-state index contributed by atoms with van der Waals surface area (Å²) in [6.45, 7) is 4.39. The Morgan fingerprint density at radius 2 is 2.24 bits per heavy atom. The van der Waals surface area contributed by atoms with Crippen molar-refractivity contribution in [2.24, 2.45) is 5.73 Å². The maximum absolute atomic E-state index is 11.3. The number of hydrogen-bond donors (Lipinski definition) is 2. The molecule has 0 aromatic carbocycles. The first-order valence-electron chi connectivity index (χ1n) is 5.07. The highest BCUT2D eigenvalue weighted by molar-refractivity contribution is 7.09. The first-order chi connectivity index (χ1) is 7.11. The molecule has 0 radical (unpaired) electrons. The largest absolute Gasteiger partial charge is 0.350 e. The number of carbonyl (C=O) groups excluding carboxylic acids is 1. The van der Waals surface area contributed by atoms with E-state index in [4.69, 9.17) is 5.73 Å². The zero-order chi connectivity index (χ0) is 11.3. The van der Waals surface area contributed by atoms with E-state index in [9.17, 15) is 4.79 Å². The van der Waals surface area contributed by atoms with Gasteiger partial charge < -0.3 is 11.1 Å². The average Bonchev–Trinajstić information content (AvgIpc) is 2.61. The van der Waals surface area contributed by atoms with Crippen molar-refractivity contribution in [1.29, 1.82) is 0 Å². The van der Waals surface area contributed by atoms with E-state index in [1.165, 1.54) is 0 Å². The van der Waals surface area contributed by atoms with Gasteiger partial charge in [0.15, 0.2) is 0 Å². The Morgan fingerprint density at radius 3 is 2.71 bits per heavy atom. The predicted octanol–water partition coefficient (Wildman–Crippen LogP) is 1.90. The summed E-state index contributed by atoms with van der Waals surface area (Å²) in [5, 5.41) is 5.87. The quantitative estimate of drug-likeness (QED) is 0.872. The van der Waals surface area contributed by atoms with E-state index in [0.29, 0.717) is 13.0 Å². The highest BCUT2D eigenvalue weighted by atomic mass is 35.5. The molecule has 0 aliphatic rings. The number of nitrogens with two attached hydrogens (primary N) is 1. The second-order valence-corrected chi connectivity index (χ2v) is 4.49. The van der Waals surface area contributed by atoms with Crippen LogP contribution in [0.15, 0.2) is 5.38 Å². The van der Waals surface area contributed by atoms with Gasteiger partial charge in [0.25, 0.3) is 0 Å². The molecular weight excluding hydrogens is 281 g/mol. The van der Waals surface area contributed by atoms with Crippen molar-refractivity contribution in [2.75, 3.05) is 0 Å². The number of amides is 1. The second-order valence-electron chi connectivity index (χ2n) is 3.54. The third-order valence-electron chi connectivity index (χ3n) is 1.88. The smallest absolute Gasteiger partial charge is 0.221 e. The van der Waals surface area contributed by atoms with Crippen molar-refractivity contribution in [1.82, 2.24) is 10.3 Å². The summed E-state index contributed by atoms with van der Waals surface area (Å²) in [6, 6.07) is -0.0911. The predicted molar refractivity (Wildman–Crippen MR) is 76.1 cm³/mol. The summed E-state index contributed by atoms with van der Waals surface area (Å²) in [5.74, 6) is -0.0175. The summed E-state index contributed by atoms with van der Waals surface area (Å²) >= 11 is 1.63. The third-order valence-corrected chi connectivity index (χ3v) is 2.92. The Hall–Kier alpha value is -0.360.